The third-order valence-corrected chi connectivity index (χ3v) is 11.9. The number of hydrogen-bond acceptors (Lipinski definition) is 3. The van der Waals surface area contributed by atoms with Crippen molar-refractivity contribution in [1.29, 1.82) is 5.41 Å². The monoisotopic (exact) mass is 784 g/mol. The van der Waals surface area contributed by atoms with E-state index in [1.165, 1.54) is 38.2 Å². The maximum absolute atomic E-state index is 9.66. The van der Waals surface area contributed by atoms with E-state index in [1.54, 1.807) is 0 Å². The molecule has 10 aromatic rings. The number of amidine groups is 2. The van der Waals surface area contributed by atoms with Crippen LogP contribution in [-0.4, -0.2) is 28.2 Å². The summed E-state index contributed by atoms with van der Waals surface area (Å²) >= 11 is 0. The molecule has 2 aliphatic heterocycles. The summed E-state index contributed by atoms with van der Waals surface area (Å²) in [6.45, 7) is 4.31. The second-order valence-corrected chi connectivity index (χ2v) is 15.7. The van der Waals surface area contributed by atoms with E-state index in [1.807, 2.05) is 66.7 Å². The lowest BCUT2D eigenvalue weighted by Gasteiger charge is -2.18. The molecule has 0 saturated carbocycles. The molecule has 0 fully saturated rings. The molecule has 5 heteroatoms. The fourth-order valence-electron chi connectivity index (χ4n) is 9.01. The molecule has 61 heavy (non-hydrogen) atoms. The van der Waals surface area contributed by atoms with Gasteiger partial charge in [0.25, 0.3) is 0 Å². The highest BCUT2D eigenvalue weighted by atomic mass is 16.3. The zero-order valence-electron chi connectivity index (χ0n) is 33.6. The number of hydrogen-bond donors (Lipinski definition) is 1. The number of allylic oxidation sites excluding steroid dienone is 6. The third kappa shape index (κ3) is 6.26. The first-order chi connectivity index (χ1) is 30.0. The Morgan fingerprint density at radius 1 is 0.590 bits per heavy atom. The van der Waals surface area contributed by atoms with E-state index in [0.717, 1.165) is 61.4 Å². The van der Waals surface area contributed by atoms with E-state index >= 15 is 0 Å². The van der Waals surface area contributed by atoms with Gasteiger partial charge < -0.3 is 13.9 Å². The largest absolute Gasteiger partial charge is 0.456 e. The summed E-state index contributed by atoms with van der Waals surface area (Å²) in [7, 11) is 1.97. The minimum absolute atomic E-state index is 0.140. The predicted octanol–water partition coefficient (Wildman–Crippen LogP) is 14.1. The van der Waals surface area contributed by atoms with Crippen LogP contribution in [0.15, 0.2) is 216 Å². The normalized spacial score (nSPS) is 16.3. The van der Waals surface area contributed by atoms with Gasteiger partial charge in [0.05, 0.1) is 11.0 Å². The van der Waals surface area contributed by atoms with Gasteiger partial charge >= 0.3 is 0 Å². The zero-order chi connectivity index (χ0) is 41.0. The molecule has 290 valence electrons. The summed E-state index contributed by atoms with van der Waals surface area (Å²) in [6.07, 6.45) is 13.0. The molecule has 0 aliphatic carbocycles. The maximum Gasteiger partial charge on any atom is 0.155 e. The molecule has 1 N–H and O–H groups in total. The van der Waals surface area contributed by atoms with E-state index in [4.69, 9.17) is 9.41 Å². The fourth-order valence-corrected chi connectivity index (χ4v) is 9.01. The van der Waals surface area contributed by atoms with Gasteiger partial charge in [0.2, 0.25) is 0 Å². The van der Waals surface area contributed by atoms with Crippen molar-refractivity contribution < 1.29 is 4.42 Å². The van der Waals surface area contributed by atoms with Gasteiger partial charge in [-0.05, 0) is 105 Å². The number of aromatic nitrogens is 1. The van der Waals surface area contributed by atoms with Crippen molar-refractivity contribution >= 4 is 77.0 Å². The number of rotatable bonds is 2. The minimum atomic E-state index is 0.140. The Kier molecular flexibility index (Phi) is 8.68. The van der Waals surface area contributed by atoms with Gasteiger partial charge in [-0.25, -0.2) is 4.99 Å². The Hall–Kier alpha value is -8.02. The molecule has 0 atom stereocenters. The molecule has 0 radical (unpaired) electrons. The Morgan fingerprint density at radius 2 is 1.41 bits per heavy atom. The average Bonchev–Trinajstić information content (AvgIpc) is 3.84. The van der Waals surface area contributed by atoms with Crippen molar-refractivity contribution in [3.63, 3.8) is 0 Å². The van der Waals surface area contributed by atoms with Gasteiger partial charge in [0.15, 0.2) is 5.84 Å². The van der Waals surface area contributed by atoms with Gasteiger partial charge in [-0.1, -0.05) is 140 Å². The van der Waals surface area contributed by atoms with Crippen molar-refractivity contribution in [2.24, 2.45) is 4.99 Å². The molecule has 12 rings (SSSR count). The molecule has 6 bridgehead atoms. The molecule has 2 aromatic heterocycles. The molecular formula is C56H40N4O. The summed E-state index contributed by atoms with van der Waals surface area (Å²) in [5.74, 6) is 0.791. The van der Waals surface area contributed by atoms with Crippen molar-refractivity contribution in [2.45, 2.75) is 6.42 Å². The third-order valence-electron chi connectivity index (χ3n) is 11.9. The van der Waals surface area contributed by atoms with Crippen LogP contribution in [0, 0.1) is 5.41 Å². The van der Waals surface area contributed by atoms with E-state index in [0.29, 0.717) is 17.0 Å². The first kappa shape index (κ1) is 36.1. The van der Waals surface area contributed by atoms with Crippen molar-refractivity contribution in [3.05, 3.63) is 223 Å². The van der Waals surface area contributed by atoms with Crippen LogP contribution in [0.25, 0.3) is 82.1 Å². The van der Waals surface area contributed by atoms with E-state index < -0.39 is 0 Å². The quantitative estimate of drug-likeness (QED) is 0.190. The van der Waals surface area contributed by atoms with Crippen molar-refractivity contribution in [2.75, 3.05) is 7.05 Å². The van der Waals surface area contributed by atoms with Crippen molar-refractivity contribution in [1.82, 2.24) is 9.47 Å². The van der Waals surface area contributed by atoms with Crippen LogP contribution < -0.4 is 0 Å². The summed E-state index contributed by atoms with van der Waals surface area (Å²) in [5, 5.41) is 18.5. The highest BCUT2D eigenvalue weighted by Gasteiger charge is 2.21. The molecular weight excluding hydrogens is 745 g/mol. The Balaban J connectivity index is 1.19. The molecule has 8 aromatic carbocycles. The molecule has 0 unspecified atom stereocenters. The molecule has 5 nitrogen and oxygen atoms in total. The van der Waals surface area contributed by atoms with Crippen LogP contribution in [-0.2, 0) is 6.42 Å². The smallest absolute Gasteiger partial charge is 0.155 e. The van der Waals surface area contributed by atoms with Gasteiger partial charge in [-0.15, -0.1) is 0 Å². The first-order valence-corrected chi connectivity index (χ1v) is 20.6. The predicted molar refractivity (Wildman–Crippen MR) is 256 cm³/mol. The van der Waals surface area contributed by atoms with Crippen LogP contribution in [0.1, 0.15) is 16.7 Å². The van der Waals surface area contributed by atoms with Crippen LogP contribution in [0.2, 0.25) is 0 Å². The number of aliphatic imine (C=N–C) groups is 1. The van der Waals surface area contributed by atoms with Crippen LogP contribution in [0.3, 0.4) is 0 Å². The highest BCUT2D eigenvalue weighted by molar-refractivity contribution is 6.25. The zero-order valence-corrected chi connectivity index (χ0v) is 33.6. The summed E-state index contributed by atoms with van der Waals surface area (Å²) < 4.78 is 8.93. The van der Waals surface area contributed by atoms with Gasteiger partial charge in [-0.2, -0.15) is 0 Å². The second-order valence-electron chi connectivity index (χ2n) is 15.7. The SMILES string of the molecule is C=C1/C=C\C=C/N(C)/C(c2ccc3ccccc3c2)=N\C(=N)c2cccc3oc4ccc(cc4c23)-n2c3ccc(cc3c3c4ccccc4c(-c4ccccc4)cc32)C/C=C\1. The lowest BCUT2D eigenvalue weighted by Crippen LogP contribution is -2.23. The maximum atomic E-state index is 9.66. The summed E-state index contributed by atoms with van der Waals surface area (Å²) in [5.41, 5.74) is 10.8. The second kappa shape index (κ2) is 14.7. The highest BCUT2D eigenvalue weighted by Crippen LogP contribution is 2.43. The number of furan rings is 1. The molecule has 4 heterocycles. The molecule has 0 amide bonds. The van der Waals surface area contributed by atoms with E-state index in [9.17, 15) is 5.41 Å². The van der Waals surface area contributed by atoms with Crippen molar-refractivity contribution in [3.8, 4) is 16.8 Å². The molecule has 2 aliphatic rings. The van der Waals surface area contributed by atoms with Gasteiger partial charge in [0, 0.05) is 51.6 Å². The van der Waals surface area contributed by atoms with Gasteiger partial charge in [-0.3, -0.25) is 5.41 Å². The lowest BCUT2D eigenvalue weighted by molar-refractivity contribution is 0.669. The number of nitrogens with zero attached hydrogens (tertiary/aromatic N) is 3. The van der Waals surface area contributed by atoms with E-state index in [2.05, 4.69) is 151 Å². The van der Waals surface area contributed by atoms with Gasteiger partial charge in [0.1, 0.15) is 17.0 Å². The average molecular weight is 785 g/mol. The summed E-state index contributed by atoms with van der Waals surface area (Å²) in [6, 6.07) is 55.6. The van der Waals surface area contributed by atoms with E-state index in [-0.39, 0.29) is 5.84 Å². The topological polar surface area (TPSA) is 57.5 Å². The Morgan fingerprint density at radius 3 is 2.30 bits per heavy atom. The lowest BCUT2D eigenvalue weighted by atomic mass is 9.94. The fraction of sp³-hybridized carbons (Fsp3) is 0.0357. The molecule has 0 saturated heterocycles. The minimum Gasteiger partial charge on any atom is -0.456 e. The Bertz CT molecular complexity index is 3560. The standard InChI is InChI=1S/C56H40N4O/c1-36-14-10-11-31-59(2)56(41-27-26-38-17-6-7-20-40(38)33-41)58-55(57)45-23-13-24-52-54(45)48-34-42(28-30-51(48)61-52)60-49-29-25-37(16-12-15-36)32-47(49)53-44-22-9-8-21-43(44)46(35-50(53)60)39-18-4-3-5-19-39/h3-15,17-35,57H,1,16H2,2H3/b14-10-,15-12-,31-11-,57-55?,58-56-. The van der Waals surface area contributed by atoms with Crippen LogP contribution in [0.5, 0.6) is 0 Å². The molecule has 0 spiro atoms. The first-order valence-electron chi connectivity index (χ1n) is 20.6. The van der Waals surface area contributed by atoms with Crippen LogP contribution >= 0.6 is 0 Å². The number of benzene rings is 8. The van der Waals surface area contributed by atoms with Crippen LogP contribution in [0.4, 0.5) is 0 Å². The number of fused-ring (bicyclic) bond motifs is 12. The Labute approximate surface area is 353 Å². The summed E-state index contributed by atoms with van der Waals surface area (Å²) in [4.78, 5) is 7.08. The number of nitrogens with one attached hydrogen (secondary N) is 1.